The lowest BCUT2D eigenvalue weighted by molar-refractivity contribution is -0.385. The van der Waals surface area contributed by atoms with Crippen LogP contribution >= 0.6 is 0 Å². The number of hydrogen-bond acceptors (Lipinski definition) is 6. The monoisotopic (exact) mass is 416 g/mol. The summed E-state index contributed by atoms with van der Waals surface area (Å²) in [5.41, 5.74) is 1.36. The molecule has 1 atom stereocenters. The van der Waals surface area contributed by atoms with E-state index in [0.717, 1.165) is 24.9 Å². The molecule has 0 saturated carbocycles. The molecule has 29 heavy (non-hydrogen) atoms. The molecule has 2 saturated heterocycles. The van der Waals surface area contributed by atoms with Crippen LogP contribution in [0.5, 0.6) is 0 Å². The molecule has 0 amide bonds. The lowest BCUT2D eigenvalue weighted by atomic mass is 10.2. The standard InChI is InChI=1S/C20H24N4O4S/c25-24(26)18-8-9-19(20(14-18)29(27,28)23-11-4-5-12-23)22-13-10-17(15-22)21-16-6-2-1-3-7-16/h1-3,6-9,14,17,21H,4-5,10-13,15H2. The molecule has 2 aromatic carbocycles. The molecule has 154 valence electrons. The van der Waals surface area contributed by atoms with Crippen molar-refractivity contribution in [3.05, 3.63) is 58.6 Å². The zero-order valence-electron chi connectivity index (χ0n) is 16.0. The van der Waals surface area contributed by atoms with E-state index < -0.39 is 14.9 Å². The number of rotatable bonds is 6. The number of nitro benzene ring substituents is 1. The van der Waals surface area contributed by atoms with Crippen LogP contribution in [0.3, 0.4) is 0 Å². The third-order valence-corrected chi connectivity index (χ3v) is 7.44. The highest BCUT2D eigenvalue weighted by Crippen LogP contribution is 2.35. The molecular weight excluding hydrogens is 392 g/mol. The number of nitrogens with zero attached hydrogens (tertiary/aromatic N) is 3. The number of benzene rings is 2. The Balaban J connectivity index is 1.62. The lowest BCUT2D eigenvalue weighted by Crippen LogP contribution is -2.31. The molecule has 0 radical (unpaired) electrons. The van der Waals surface area contributed by atoms with Crippen LogP contribution in [0.25, 0.3) is 0 Å². The van der Waals surface area contributed by atoms with E-state index in [0.29, 0.717) is 31.9 Å². The van der Waals surface area contributed by atoms with Gasteiger partial charge in [-0.25, -0.2) is 8.42 Å². The summed E-state index contributed by atoms with van der Waals surface area (Å²) in [6, 6.07) is 14.2. The molecule has 9 heteroatoms. The molecule has 0 spiro atoms. The maximum atomic E-state index is 13.2. The highest BCUT2D eigenvalue weighted by Gasteiger charge is 2.34. The van der Waals surface area contributed by atoms with Gasteiger partial charge in [-0.3, -0.25) is 10.1 Å². The Hall–Kier alpha value is -2.65. The average molecular weight is 417 g/mol. The summed E-state index contributed by atoms with van der Waals surface area (Å²) in [6.07, 6.45) is 2.49. The second-order valence-electron chi connectivity index (χ2n) is 7.46. The highest BCUT2D eigenvalue weighted by atomic mass is 32.2. The van der Waals surface area contributed by atoms with Crippen molar-refractivity contribution < 1.29 is 13.3 Å². The molecule has 2 heterocycles. The van der Waals surface area contributed by atoms with Crippen LogP contribution in [-0.4, -0.2) is 49.9 Å². The zero-order valence-corrected chi connectivity index (χ0v) is 16.8. The molecule has 0 aromatic heterocycles. The van der Waals surface area contributed by atoms with E-state index in [9.17, 15) is 18.5 Å². The largest absolute Gasteiger partial charge is 0.380 e. The van der Waals surface area contributed by atoms with Crippen molar-refractivity contribution in [3.63, 3.8) is 0 Å². The molecule has 2 aliphatic heterocycles. The Morgan fingerprint density at radius 2 is 1.76 bits per heavy atom. The van der Waals surface area contributed by atoms with Gasteiger partial charge in [-0.1, -0.05) is 18.2 Å². The van der Waals surface area contributed by atoms with E-state index in [1.54, 1.807) is 6.07 Å². The zero-order chi connectivity index (χ0) is 20.4. The van der Waals surface area contributed by atoms with Gasteiger partial charge in [-0.15, -0.1) is 0 Å². The fraction of sp³-hybridized carbons (Fsp3) is 0.400. The molecule has 1 unspecified atom stereocenters. The molecule has 8 nitrogen and oxygen atoms in total. The van der Waals surface area contributed by atoms with Gasteiger partial charge in [0, 0.05) is 50.0 Å². The summed E-state index contributed by atoms with van der Waals surface area (Å²) in [4.78, 5) is 12.8. The number of para-hydroxylation sites is 1. The minimum absolute atomic E-state index is 0.0361. The number of sulfonamides is 1. The van der Waals surface area contributed by atoms with Crippen molar-refractivity contribution in [3.8, 4) is 0 Å². The Morgan fingerprint density at radius 1 is 1.03 bits per heavy atom. The predicted octanol–water partition coefficient (Wildman–Crippen LogP) is 3.07. The van der Waals surface area contributed by atoms with Gasteiger partial charge in [0.1, 0.15) is 4.90 Å². The van der Waals surface area contributed by atoms with Gasteiger partial charge < -0.3 is 10.2 Å². The van der Waals surface area contributed by atoms with Gasteiger partial charge in [-0.2, -0.15) is 4.31 Å². The number of anilines is 2. The smallest absolute Gasteiger partial charge is 0.270 e. The van der Waals surface area contributed by atoms with Crippen molar-refractivity contribution in [2.75, 3.05) is 36.4 Å². The second-order valence-corrected chi connectivity index (χ2v) is 9.37. The Kier molecular flexibility index (Phi) is 5.42. The van der Waals surface area contributed by atoms with E-state index in [1.807, 2.05) is 35.2 Å². The average Bonchev–Trinajstić information content (AvgIpc) is 3.41. The Morgan fingerprint density at radius 3 is 2.45 bits per heavy atom. The van der Waals surface area contributed by atoms with Gasteiger partial charge in [-0.05, 0) is 37.5 Å². The van der Waals surface area contributed by atoms with Crippen LogP contribution in [0.1, 0.15) is 19.3 Å². The third-order valence-electron chi connectivity index (χ3n) is 5.51. The van der Waals surface area contributed by atoms with Gasteiger partial charge in [0.25, 0.3) is 5.69 Å². The summed E-state index contributed by atoms with van der Waals surface area (Å²) >= 11 is 0. The molecule has 2 fully saturated rings. The predicted molar refractivity (Wildman–Crippen MR) is 112 cm³/mol. The Labute approximate surface area is 170 Å². The summed E-state index contributed by atoms with van der Waals surface area (Å²) in [5, 5.41) is 14.7. The fourth-order valence-corrected chi connectivity index (χ4v) is 5.77. The van der Waals surface area contributed by atoms with Crippen molar-refractivity contribution >= 4 is 27.1 Å². The quantitative estimate of drug-likeness (QED) is 0.574. The molecule has 0 bridgehead atoms. The SMILES string of the molecule is O=[N+]([O-])c1ccc(N2CCC(Nc3ccccc3)C2)c(S(=O)(=O)N2CCCC2)c1. The maximum Gasteiger partial charge on any atom is 0.270 e. The minimum atomic E-state index is -3.77. The van der Waals surface area contributed by atoms with Gasteiger partial charge >= 0.3 is 0 Å². The van der Waals surface area contributed by atoms with Crippen LogP contribution in [0.4, 0.5) is 17.1 Å². The van der Waals surface area contributed by atoms with Crippen molar-refractivity contribution in [2.24, 2.45) is 0 Å². The van der Waals surface area contributed by atoms with E-state index in [2.05, 4.69) is 5.32 Å². The first-order valence-corrected chi connectivity index (χ1v) is 11.2. The van der Waals surface area contributed by atoms with Crippen molar-refractivity contribution in [1.82, 2.24) is 4.31 Å². The van der Waals surface area contributed by atoms with Crippen molar-refractivity contribution in [1.29, 1.82) is 0 Å². The molecular formula is C20H24N4O4S. The van der Waals surface area contributed by atoms with Crippen molar-refractivity contribution in [2.45, 2.75) is 30.2 Å². The molecule has 4 rings (SSSR count). The van der Waals surface area contributed by atoms with Crippen LogP contribution in [0, 0.1) is 10.1 Å². The maximum absolute atomic E-state index is 13.2. The summed E-state index contributed by atoms with van der Waals surface area (Å²) < 4.78 is 27.9. The molecule has 0 aliphatic carbocycles. The van der Waals surface area contributed by atoms with Crippen LogP contribution in [0.2, 0.25) is 0 Å². The minimum Gasteiger partial charge on any atom is -0.380 e. The normalized spacial score (nSPS) is 20.1. The van der Waals surface area contributed by atoms with Crippen LogP contribution in [-0.2, 0) is 10.0 Å². The number of hydrogen-bond donors (Lipinski definition) is 1. The number of nitro groups is 1. The highest BCUT2D eigenvalue weighted by molar-refractivity contribution is 7.89. The molecule has 2 aromatic rings. The van der Waals surface area contributed by atoms with E-state index in [1.165, 1.54) is 16.4 Å². The number of non-ortho nitro benzene ring substituents is 1. The van der Waals surface area contributed by atoms with Crippen LogP contribution in [0.15, 0.2) is 53.4 Å². The number of nitrogens with one attached hydrogen (secondary N) is 1. The first-order valence-electron chi connectivity index (χ1n) is 9.80. The topological polar surface area (TPSA) is 95.8 Å². The fourth-order valence-electron chi connectivity index (χ4n) is 4.02. The van der Waals surface area contributed by atoms with Crippen LogP contribution < -0.4 is 10.2 Å². The second kappa shape index (κ2) is 8.00. The summed E-state index contributed by atoms with van der Waals surface area (Å²) in [6.45, 7) is 2.24. The molecule has 1 N–H and O–H groups in total. The summed E-state index contributed by atoms with van der Waals surface area (Å²) in [7, 11) is -3.77. The van der Waals surface area contributed by atoms with Gasteiger partial charge in [0.05, 0.1) is 10.6 Å². The van der Waals surface area contributed by atoms with E-state index in [-0.39, 0.29) is 16.6 Å². The molecule has 2 aliphatic rings. The first-order chi connectivity index (χ1) is 13.9. The third kappa shape index (κ3) is 4.06. The van der Waals surface area contributed by atoms with Gasteiger partial charge in [0.2, 0.25) is 10.0 Å². The van der Waals surface area contributed by atoms with Gasteiger partial charge in [0.15, 0.2) is 0 Å². The summed E-state index contributed by atoms with van der Waals surface area (Å²) in [5.74, 6) is 0. The first kappa shape index (κ1) is 19.7. The van der Waals surface area contributed by atoms with E-state index >= 15 is 0 Å². The van der Waals surface area contributed by atoms with E-state index in [4.69, 9.17) is 0 Å². The lowest BCUT2D eigenvalue weighted by Gasteiger charge is -2.24. The Bertz CT molecular complexity index is 991.